The largest absolute Gasteiger partial charge is 0.494 e. The minimum atomic E-state index is -0.359. The molecule has 0 N–H and O–H groups in total. The van der Waals surface area contributed by atoms with E-state index >= 15 is 0 Å². The van der Waals surface area contributed by atoms with Gasteiger partial charge in [-0.05, 0) is 37.5 Å². The van der Waals surface area contributed by atoms with Gasteiger partial charge in [-0.3, -0.25) is 0 Å². The molecular weight excluding hydrogens is 276 g/mol. The highest BCUT2D eigenvalue weighted by atomic mass is 16.5. The van der Waals surface area contributed by atoms with E-state index in [0.29, 0.717) is 17.8 Å². The van der Waals surface area contributed by atoms with Gasteiger partial charge >= 0.3 is 5.97 Å². The van der Waals surface area contributed by atoms with Gasteiger partial charge in [0.05, 0.1) is 19.4 Å². The van der Waals surface area contributed by atoms with Crippen molar-refractivity contribution in [3.63, 3.8) is 0 Å². The molecule has 0 aromatic heterocycles. The van der Waals surface area contributed by atoms with Crippen LogP contribution in [0.2, 0.25) is 0 Å². The van der Waals surface area contributed by atoms with Crippen molar-refractivity contribution in [3.05, 3.63) is 23.5 Å². The van der Waals surface area contributed by atoms with E-state index in [4.69, 9.17) is 4.74 Å². The first-order chi connectivity index (χ1) is 10.6. The Hall–Kier alpha value is -1.25. The van der Waals surface area contributed by atoms with Gasteiger partial charge < -0.3 is 9.47 Å². The van der Waals surface area contributed by atoms with Gasteiger partial charge in [-0.25, -0.2) is 4.79 Å². The third-order valence-corrected chi connectivity index (χ3v) is 5.82. The Morgan fingerprint density at radius 2 is 1.91 bits per heavy atom. The lowest BCUT2D eigenvalue weighted by molar-refractivity contribution is -0.135. The molecule has 4 atom stereocenters. The normalized spacial score (nSPS) is 33.8. The van der Waals surface area contributed by atoms with E-state index in [-0.39, 0.29) is 11.6 Å². The highest BCUT2D eigenvalue weighted by Gasteiger charge is 2.60. The van der Waals surface area contributed by atoms with Gasteiger partial charge in [0.1, 0.15) is 5.60 Å². The van der Waals surface area contributed by atoms with Crippen molar-refractivity contribution < 1.29 is 14.3 Å². The van der Waals surface area contributed by atoms with Crippen molar-refractivity contribution in [1.82, 2.24) is 0 Å². The second-order valence-electron chi connectivity index (χ2n) is 6.50. The minimum absolute atomic E-state index is 0.139. The summed E-state index contributed by atoms with van der Waals surface area (Å²) in [6, 6.07) is 0. The number of hydrogen-bond acceptors (Lipinski definition) is 3. The van der Waals surface area contributed by atoms with Gasteiger partial charge in [-0.15, -0.1) is 0 Å². The smallest absolute Gasteiger partial charge is 0.333 e. The number of esters is 1. The van der Waals surface area contributed by atoms with Gasteiger partial charge in [0.15, 0.2) is 0 Å². The number of methoxy groups -OCH3 is 1. The van der Waals surface area contributed by atoms with E-state index in [1.54, 1.807) is 17.4 Å². The lowest BCUT2D eigenvalue weighted by Crippen LogP contribution is -2.43. The van der Waals surface area contributed by atoms with E-state index in [1.807, 2.05) is 0 Å². The molecule has 2 unspecified atom stereocenters. The first kappa shape index (κ1) is 17.1. The predicted molar refractivity (Wildman–Crippen MR) is 88.2 cm³/mol. The monoisotopic (exact) mass is 306 g/mol. The number of allylic oxidation sites excluding steroid dienone is 1. The van der Waals surface area contributed by atoms with E-state index in [9.17, 15) is 4.79 Å². The third kappa shape index (κ3) is 2.59. The zero-order valence-corrected chi connectivity index (χ0v) is 14.6. The molecule has 1 saturated carbocycles. The van der Waals surface area contributed by atoms with Crippen molar-refractivity contribution in [3.8, 4) is 0 Å². The van der Waals surface area contributed by atoms with Crippen LogP contribution in [0.15, 0.2) is 23.5 Å². The van der Waals surface area contributed by atoms with Gasteiger partial charge in [0, 0.05) is 5.92 Å². The maximum atomic E-state index is 11.3. The van der Waals surface area contributed by atoms with Gasteiger partial charge in [0.25, 0.3) is 0 Å². The predicted octanol–water partition coefficient (Wildman–Crippen LogP) is 4.63. The minimum Gasteiger partial charge on any atom is -0.494 e. The van der Waals surface area contributed by atoms with E-state index < -0.39 is 0 Å². The molecule has 1 fully saturated rings. The van der Waals surface area contributed by atoms with E-state index in [1.165, 1.54) is 26.0 Å². The van der Waals surface area contributed by atoms with Crippen LogP contribution in [-0.2, 0) is 14.3 Å². The molecular formula is C19H30O3. The van der Waals surface area contributed by atoms with Gasteiger partial charge in [-0.2, -0.15) is 0 Å². The summed E-state index contributed by atoms with van der Waals surface area (Å²) in [7, 11) is 1.39. The first-order valence-corrected chi connectivity index (χ1v) is 8.72. The molecule has 0 spiro atoms. The average Bonchev–Trinajstić information content (AvgIpc) is 2.79. The molecule has 0 heterocycles. The second-order valence-corrected chi connectivity index (χ2v) is 6.50. The molecule has 2 rings (SSSR count). The molecule has 0 saturated heterocycles. The molecule has 0 aliphatic heterocycles. The quantitative estimate of drug-likeness (QED) is 0.298. The molecule has 0 aromatic carbocycles. The van der Waals surface area contributed by atoms with Crippen molar-refractivity contribution >= 4 is 5.97 Å². The summed E-state index contributed by atoms with van der Waals surface area (Å²) in [6.45, 7) is 9.02. The molecule has 124 valence electrons. The van der Waals surface area contributed by atoms with Crippen LogP contribution in [0.25, 0.3) is 0 Å². The van der Waals surface area contributed by atoms with E-state index in [0.717, 1.165) is 19.3 Å². The van der Waals surface area contributed by atoms with E-state index in [2.05, 4.69) is 32.4 Å². The Morgan fingerprint density at radius 3 is 2.41 bits per heavy atom. The average molecular weight is 306 g/mol. The maximum Gasteiger partial charge on any atom is 0.333 e. The fourth-order valence-electron chi connectivity index (χ4n) is 4.80. The lowest BCUT2D eigenvalue weighted by Gasteiger charge is -2.46. The summed E-state index contributed by atoms with van der Waals surface area (Å²) in [5.41, 5.74) is 3.15. The Balaban J connectivity index is 2.26. The highest BCUT2D eigenvalue weighted by molar-refractivity contribution is 5.81. The van der Waals surface area contributed by atoms with Crippen molar-refractivity contribution in [1.29, 1.82) is 0 Å². The fourth-order valence-corrected chi connectivity index (χ4v) is 4.80. The molecule has 0 aromatic rings. The highest BCUT2D eigenvalue weighted by Crippen LogP contribution is 2.63. The van der Waals surface area contributed by atoms with Crippen LogP contribution in [0, 0.1) is 17.8 Å². The summed E-state index contributed by atoms with van der Waals surface area (Å²) in [5, 5.41) is 0. The third-order valence-electron chi connectivity index (χ3n) is 5.82. The summed E-state index contributed by atoms with van der Waals surface area (Å²) in [6.07, 6.45) is 8.51. The molecule has 0 bridgehead atoms. The molecule has 2 aliphatic rings. The fraction of sp³-hybridized carbons (Fsp3) is 0.737. The van der Waals surface area contributed by atoms with Crippen molar-refractivity contribution in [2.24, 2.45) is 17.8 Å². The van der Waals surface area contributed by atoms with Crippen molar-refractivity contribution in [2.45, 2.75) is 65.4 Å². The van der Waals surface area contributed by atoms with Crippen LogP contribution < -0.4 is 0 Å². The summed E-state index contributed by atoms with van der Waals surface area (Å²) < 4.78 is 10.8. The Morgan fingerprint density at radius 1 is 1.23 bits per heavy atom. The number of carbonyl (C=O) groups excluding carboxylic acids is 1. The van der Waals surface area contributed by atoms with Crippen LogP contribution in [-0.4, -0.2) is 18.7 Å². The zero-order chi connectivity index (χ0) is 16.3. The molecule has 0 amide bonds. The summed E-state index contributed by atoms with van der Waals surface area (Å²) in [4.78, 5) is 11.3. The number of hydrogen-bond donors (Lipinski definition) is 0. The van der Waals surface area contributed by atoms with Crippen LogP contribution in [0.1, 0.15) is 59.8 Å². The number of fused-ring (bicyclic) bond motifs is 1. The molecule has 0 radical (unpaired) electrons. The van der Waals surface area contributed by atoms with Crippen LogP contribution in [0.4, 0.5) is 0 Å². The van der Waals surface area contributed by atoms with Gasteiger partial charge in [-0.1, -0.05) is 45.3 Å². The maximum absolute atomic E-state index is 11.3. The number of ether oxygens (including phenoxy) is 2. The molecule has 22 heavy (non-hydrogen) atoms. The number of carbonyl (C=O) groups is 1. The SMILES string of the molecule is CCC1=C(CC)C2C1[C@H](CC)C[C@@]2(CC)O/C=C/C(=O)OC. The standard InChI is InChI=1S/C19H30O3/c1-6-13-12-19(9-4,22-11-10-16(20)21-5)18-15(8-3)14(7-2)17(13)18/h10-11,13,17-18H,6-9,12H2,1-5H3/b11-10+/t13-,17?,18?,19-/m1/s1. The Kier molecular flexibility index (Phi) is 5.36. The lowest BCUT2D eigenvalue weighted by atomic mass is 9.61. The van der Waals surface area contributed by atoms with Crippen LogP contribution in [0.5, 0.6) is 0 Å². The molecule has 3 heteroatoms. The second kappa shape index (κ2) is 6.89. The van der Waals surface area contributed by atoms with Crippen LogP contribution >= 0.6 is 0 Å². The number of rotatable bonds is 7. The topological polar surface area (TPSA) is 35.5 Å². The first-order valence-electron chi connectivity index (χ1n) is 8.72. The van der Waals surface area contributed by atoms with Crippen LogP contribution in [0.3, 0.4) is 0 Å². The summed E-state index contributed by atoms with van der Waals surface area (Å²) in [5.74, 6) is 1.57. The Bertz CT molecular complexity index is 477. The van der Waals surface area contributed by atoms with Gasteiger partial charge in [0.2, 0.25) is 0 Å². The molecule has 2 aliphatic carbocycles. The van der Waals surface area contributed by atoms with Crippen molar-refractivity contribution in [2.75, 3.05) is 7.11 Å². The molecule has 3 nitrogen and oxygen atoms in total. The summed E-state index contributed by atoms with van der Waals surface area (Å²) >= 11 is 0. The zero-order valence-electron chi connectivity index (χ0n) is 14.6. The Labute approximate surface area is 134 Å².